The molecule has 0 amide bonds. The highest BCUT2D eigenvalue weighted by atomic mass is 16.5. The molecule has 2 atom stereocenters. The number of anilines is 1. The quantitative estimate of drug-likeness (QED) is 0.870. The van der Waals surface area contributed by atoms with E-state index in [0.29, 0.717) is 17.7 Å². The highest BCUT2D eigenvalue weighted by molar-refractivity contribution is 5.76. The SMILES string of the molecule is COC1CN(Cc2nc3cc(N)ccc3o2)CCC1C. The Morgan fingerprint density at radius 1 is 1.50 bits per heavy atom. The van der Waals surface area contributed by atoms with Crippen LogP contribution in [0.25, 0.3) is 11.1 Å². The molecule has 2 N–H and O–H groups in total. The first kappa shape index (κ1) is 13.4. The van der Waals surface area contributed by atoms with E-state index in [-0.39, 0.29) is 0 Å². The summed E-state index contributed by atoms with van der Waals surface area (Å²) in [7, 11) is 1.78. The van der Waals surface area contributed by atoms with Gasteiger partial charge in [-0.1, -0.05) is 6.92 Å². The number of nitrogens with two attached hydrogens (primary N) is 1. The fourth-order valence-corrected chi connectivity index (χ4v) is 2.80. The van der Waals surface area contributed by atoms with Crippen LogP contribution in [0.3, 0.4) is 0 Å². The monoisotopic (exact) mass is 275 g/mol. The number of ether oxygens (including phenoxy) is 1. The summed E-state index contributed by atoms with van der Waals surface area (Å²) >= 11 is 0. The van der Waals surface area contributed by atoms with Crippen LogP contribution in [0.2, 0.25) is 0 Å². The lowest BCUT2D eigenvalue weighted by molar-refractivity contribution is -0.00950. The number of hydrogen-bond acceptors (Lipinski definition) is 5. The van der Waals surface area contributed by atoms with E-state index < -0.39 is 0 Å². The number of hydrogen-bond donors (Lipinski definition) is 1. The fraction of sp³-hybridized carbons (Fsp3) is 0.533. The van der Waals surface area contributed by atoms with Crippen LogP contribution in [0.1, 0.15) is 19.2 Å². The van der Waals surface area contributed by atoms with E-state index in [1.54, 1.807) is 7.11 Å². The molecule has 1 fully saturated rings. The van der Waals surface area contributed by atoms with Crippen molar-refractivity contribution in [1.82, 2.24) is 9.88 Å². The van der Waals surface area contributed by atoms with Crippen molar-refractivity contribution in [2.45, 2.75) is 26.0 Å². The average molecular weight is 275 g/mol. The summed E-state index contributed by atoms with van der Waals surface area (Å²) in [6, 6.07) is 5.55. The van der Waals surface area contributed by atoms with Gasteiger partial charge in [-0.2, -0.15) is 0 Å². The molecule has 0 saturated carbocycles. The number of oxazole rings is 1. The molecule has 2 unspecified atom stereocenters. The molecule has 0 bridgehead atoms. The molecular weight excluding hydrogens is 254 g/mol. The number of nitrogens with zero attached hydrogens (tertiary/aromatic N) is 2. The van der Waals surface area contributed by atoms with E-state index in [1.807, 2.05) is 18.2 Å². The Balaban J connectivity index is 1.73. The minimum absolute atomic E-state index is 0.295. The van der Waals surface area contributed by atoms with E-state index in [1.165, 1.54) is 0 Å². The van der Waals surface area contributed by atoms with E-state index in [0.717, 1.165) is 43.0 Å². The Labute approximate surface area is 118 Å². The van der Waals surface area contributed by atoms with Gasteiger partial charge in [0.25, 0.3) is 0 Å². The molecular formula is C15H21N3O2. The summed E-state index contributed by atoms with van der Waals surface area (Å²) in [5, 5.41) is 0. The predicted octanol–water partition coefficient (Wildman–Crippen LogP) is 2.27. The molecule has 0 radical (unpaired) electrons. The molecule has 2 heterocycles. The van der Waals surface area contributed by atoms with Crippen LogP contribution in [0, 0.1) is 5.92 Å². The minimum Gasteiger partial charge on any atom is -0.439 e. The van der Waals surface area contributed by atoms with Crippen LogP contribution in [-0.4, -0.2) is 36.2 Å². The second kappa shape index (κ2) is 5.42. The van der Waals surface area contributed by atoms with Gasteiger partial charge in [0.05, 0.1) is 12.6 Å². The van der Waals surface area contributed by atoms with Gasteiger partial charge in [0.15, 0.2) is 5.58 Å². The molecule has 108 valence electrons. The lowest BCUT2D eigenvalue weighted by Gasteiger charge is -2.35. The third-order valence-corrected chi connectivity index (χ3v) is 4.09. The van der Waals surface area contributed by atoms with Gasteiger partial charge in [0.1, 0.15) is 5.52 Å². The molecule has 0 spiro atoms. The van der Waals surface area contributed by atoms with Crippen molar-refractivity contribution in [2.24, 2.45) is 5.92 Å². The summed E-state index contributed by atoms with van der Waals surface area (Å²) < 4.78 is 11.3. The van der Waals surface area contributed by atoms with Gasteiger partial charge in [-0.05, 0) is 37.1 Å². The van der Waals surface area contributed by atoms with Gasteiger partial charge in [0, 0.05) is 19.3 Å². The highest BCUT2D eigenvalue weighted by Crippen LogP contribution is 2.23. The lowest BCUT2D eigenvalue weighted by Crippen LogP contribution is -2.43. The standard InChI is InChI=1S/C15H21N3O2/c1-10-5-6-18(8-14(10)19-2)9-15-17-12-7-11(16)3-4-13(12)20-15/h3-4,7,10,14H,5-6,8-9,16H2,1-2H3. The molecule has 1 saturated heterocycles. The number of likely N-dealkylation sites (tertiary alicyclic amines) is 1. The Morgan fingerprint density at radius 2 is 2.35 bits per heavy atom. The molecule has 1 aromatic heterocycles. The second-order valence-electron chi connectivity index (χ2n) is 5.61. The predicted molar refractivity (Wildman–Crippen MR) is 78.3 cm³/mol. The lowest BCUT2D eigenvalue weighted by atomic mass is 9.96. The van der Waals surface area contributed by atoms with Gasteiger partial charge in [-0.3, -0.25) is 4.90 Å². The molecule has 1 aromatic carbocycles. The summed E-state index contributed by atoms with van der Waals surface area (Å²) in [6.45, 7) is 4.95. The zero-order valence-electron chi connectivity index (χ0n) is 12.0. The van der Waals surface area contributed by atoms with Crippen LogP contribution in [0.4, 0.5) is 5.69 Å². The highest BCUT2D eigenvalue weighted by Gasteiger charge is 2.26. The van der Waals surface area contributed by atoms with Gasteiger partial charge in [-0.15, -0.1) is 0 Å². The van der Waals surface area contributed by atoms with Crippen molar-refractivity contribution in [2.75, 3.05) is 25.9 Å². The smallest absolute Gasteiger partial charge is 0.209 e. The number of piperidine rings is 1. The Bertz CT molecular complexity index is 596. The number of rotatable bonds is 3. The van der Waals surface area contributed by atoms with Crippen LogP contribution in [0.5, 0.6) is 0 Å². The number of methoxy groups -OCH3 is 1. The van der Waals surface area contributed by atoms with Crippen molar-refractivity contribution >= 4 is 16.8 Å². The van der Waals surface area contributed by atoms with E-state index in [4.69, 9.17) is 14.9 Å². The second-order valence-corrected chi connectivity index (χ2v) is 5.61. The summed E-state index contributed by atoms with van der Waals surface area (Å²) in [5.41, 5.74) is 8.09. The van der Waals surface area contributed by atoms with Gasteiger partial charge >= 0.3 is 0 Å². The number of aromatic nitrogens is 1. The van der Waals surface area contributed by atoms with Crippen LogP contribution in [0.15, 0.2) is 22.6 Å². The number of nitrogen functional groups attached to an aromatic ring is 1. The number of benzene rings is 1. The molecule has 5 nitrogen and oxygen atoms in total. The zero-order valence-corrected chi connectivity index (χ0v) is 12.0. The average Bonchev–Trinajstić information content (AvgIpc) is 2.82. The van der Waals surface area contributed by atoms with Gasteiger partial charge < -0.3 is 14.9 Å². The zero-order chi connectivity index (χ0) is 14.1. The van der Waals surface area contributed by atoms with Crippen LogP contribution < -0.4 is 5.73 Å². The maximum Gasteiger partial charge on any atom is 0.209 e. The van der Waals surface area contributed by atoms with E-state index in [9.17, 15) is 0 Å². The van der Waals surface area contributed by atoms with Crippen molar-refractivity contribution < 1.29 is 9.15 Å². The summed E-state index contributed by atoms with van der Waals surface area (Å²) in [4.78, 5) is 6.84. The Kier molecular flexibility index (Phi) is 3.63. The van der Waals surface area contributed by atoms with E-state index in [2.05, 4.69) is 16.8 Å². The van der Waals surface area contributed by atoms with E-state index >= 15 is 0 Å². The third kappa shape index (κ3) is 2.64. The molecule has 1 aliphatic rings. The molecule has 20 heavy (non-hydrogen) atoms. The molecule has 3 rings (SSSR count). The Hall–Kier alpha value is -1.59. The van der Waals surface area contributed by atoms with Crippen molar-refractivity contribution in [1.29, 1.82) is 0 Å². The third-order valence-electron chi connectivity index (χ3n) is 4.09. The normalized spacial score (nSPS) is 24.3. The first-order valence-electron chi connectivity index (χ1n) is 7.06. The maximum absolute atomic E-state index is 5.77. The van der Waals surface area contributed by atoms with Gasteiger partial charge in [0.2, 0.25) is 5.89 Å². The maximum atomic E-state index is 5.77. The molecule has 2 aromatic rings. The Morgan fingerprint density at radius 3 is 3.15 bits per heavy atom. The number of fused-ring (bicyclic) bond motifs is 1. The van der Waals surface area contributed by atoms with Gasteiger partial charge in [-0.25, -0.2) is 4.98 Å². The summed E-state index contributed by atoms with van der Waals surface area (Å²) in [5.74, 6) is 1.36. The first-order valence-corrected chi connectivity index (χ1v) is 7.06. The van der Waals surface area contributed by atoms with Crippen LogP contribution in [-0.2, 0) is 11.3 Å². The fourth-order valence-electron chi connectivity index (χ4n) is 2.80. The first-order chi connectivity index (χ1) is 9.65. The van der Waals surface area contributed by atoms with Crippen molar-refractivity contribution in [3.05, 3.63) is 24.1 Å². The largest absolute Gasteiger partial charge is 0.439 e. The van der Waals surface area contributed by atoms with Crippen molar-refractivity contribution in [3.63, 3.8) is 0 Å². The topological polar surface area (TPSA) is 64.5 Å². The molecule has 5 heteroatoms. The molecule has 0 aliphatic carbocycles. The summed E-state index contributed by atoms with van der Waals surface area (Å²) in [6.07, 6.45) is 1.44. The van der Waals surface area contributed by atoms with Crippen molar-refractivity contribution in [3.8, 4) is 0 Å². The van der Waals surface area contributed by atoms with Crippen LogP contribution >= 0.6 is 0 Å². The molecule has 1 aliphatic heterocycles. The minimum atomic E-state index is 0.295.